The van der Waals surface area contributed by atoms with Crippen LogP contribution in [0.15, 0.2) is 30.6 Å². The van der Waals surface area contributed by atoms with E-state index in [0.29, 0.717) is 5.69 Å². The number of hydrazine groups is 1. The molecule has 0 aliphatic heterocycles. The molecule has 0 aliphatic carbocycles. The lowest BCUT2D eigenvalue weighted by Gasteiger charge is -2.11. The van der Waals surface area contributed by atoms with Crippen LogP contribution in [-0.2, 0) is 4.79 Å². The Kier molecular flexibility index (Phi) is 5.24. The Morgan fingerprint density at radius 2 is 1.83 bits per heavy atom. The van der Waals surface area contributed by atoms with Crippen molar-refractivity contribution in [1.82, 2.24) is 20.8 Å². The third kappa shape index (κ3) is 4.77. The molecule has 0 fully saturated rings. The van der Waals surface area contributed by atoms with E-state index in [2.05, 4.69) is 26.1 Å². The Labute approximate surface area is 134 Å². The molecule has 0 saturated heterocycles. The zero-order valence-electron chi connectivity index (χ0n) is 13.3. The second-order valence-electron chi connectivity index (χ2n) is 5.22. The van der Waals surface area contributed by atoms with Gasteiger partial charge < -0.3 is 5.32 Å². The minimum atomic E-state index is -0.516. The number of rotatable bonds is 4. The first-order chi connectivity index (χ1) is 11.0. The predicted molar refractivity (Wildman–Crippen MR) is 86.8 cm³/mol. The Balaban J connectivity index is 1.81. The van der Waals surface area contributed by atoms with Gasteiger partial charge in [0.2, 0.25) is 0 Å². The van der Waals surface area contributed by atoms with Crippen LogP contribution in [0.1, 0.15) is 27.3 Å². The lowest BCUT2D eigenvalue weighted by atomic mass is 10.1. The van der Waals surface area contributed by atoms with Crippen LogP contribution in [0.2, 0.25) is 0 Å². The number of nitrogens with zero attached hydrogens (tertiary/aromatic N) is 2. The fourth-order valence-corrected chi connectivity index (χ4v) is 1.93. The van der Waals surface area contributed by atoms with Crippen LogP contribution in [0, 0.1) is 20.8 Å². The van der Waals surface area contributed by atoms with Crippen molar-refractivity contribution in [3.8, 4) is 0 Å². The summed E-state index contributed by atoms with van der Waals surface area (Å²) >= 11 is 0. The minimum absolute atomic E-state index is 0.0454. The van der Waals surface area contributed by atoms with Crippen molar-refractivity contribution >= 4 is 17.5 Å². The van der Waals surface area contributed by atoms with Crippen molar-refractivity contribution in [3.05, 3.63) is 53.1 Å². The Bertz CT molecular complexity index is 713. The predicted octanol–water partition coefficient (Wildman–Crippen LogP) is 1.27. The number of nitrogens with one attached hydrogen (secondary N) is 3. The van der Waals surface area contributed by atoms with Gasteiger partial charge in [-0.2, -0.15) is 0 Å². The number of hydrogen-bond donors (Lipinski definition) is 3. The number of hydrogen-bond acceptors (Lipinski definition) is 5. The van der Waals surface area contributed by atoms with E-state index in [1.807, 2.05) is 32.0 Å². The van der Waals surface area contributed by atoms with Gasteiger partial charge >= 0.3 is 0 Å². The third-order valence-electron chi connectivity index (χ3n) is 3.15. The molecule has 0 radical (unpaired) electrons. The number of aromatic nitrogens is 2. The highest BCUT2D eigenvalue weighted by atomic mass is 16.2. The van der Waals surface area contributed by atoms with Gasteiger partial charge in [-0.15, -0.1) is 0 Å². The summed E-state index contributed by atoms with van der Waals surface area (Å²) < 4.78 is 0. The molecule has 2 aromatic rings. The third-order valence-corrected chi connectivity index (χ3v) is 3.15. The number of benzene rings is 1. The zero-order valence-corrected chi connectivity index (χ0v) is 13.3. The zero-order chi connectivity index (χ0) is 16.8. The molecule has 1 aromatic heterocycles. The summed E-state index contributed by atoms with van der Waals surface area (Å²) in [4.78, 5) is 31.4. The highest BCUT2D eigenvalue weighted by molar-refractivity contribution is 5.93. The van der Waals surface area contributed by atoms with Crippen molar-refractivity contribution in [2.45, 2.75) is 20.8 Å². The molecule has 0 saturated carbocycles. The van der Waals surface area contributed by atoms with Gasteiger partial charge in [-0.25, -0.2) is 4.98 Å². The molecular weight excluding hydrogens is 294 g/mol. The molecule has 120 valence electrons. The molecule has 0 unspecified atom stereocenters. The van der Waals surface area contributed by atoms with E-state index in [1.165, 1.54) is 12.4 Å². The highest BCUT2D eigenvalue weighted by Crippen LogP contribution is 2.15. The first-order valence-corrected chi connectivity index (χ1v) is 7.14. The monoisotopic (exact) mass is 313 g/mol. The summed E-state index contributed by atoms with van der Waals surface area (Å²) in [6.45, 7) is 5.79. The summed E-state index contributed by atoms with van der Waals surface area (Å²) in [6.07, 6.45) is 2.84. The Morgan fingerprint density at radius 3 is 2.48 bits per heavy atom. The van der Waals surface area contributed by atoms with Gasteiger partial charge in [-0.3, -0.25) is 25.4 Å². The van der Waals surface area contributed by atoms with E-state index in [-0.39, 0.29) is 18.1 Å². The minimum Gasteiger partial charge on any atom is -0.376 e. The number of anilines is 1. The number of carbonyl (C=O) groups excluding carboxylic acids is 2. The average molecular weight is 313 g/mol. The molecule has 0 spiro atoms. The van der Waals surface area contributed by atoms with Gasteiger partial charge in [0.05, 0.1) is 18.4 Å². The molecule has 3 N–H and O–H groups in total. The lowest BCUT2D eigenvalue weighted by molar-refractivity contribution is -0.120. The second-order valence-corrected chi connectivity index (χ2v) is 5.22. The maximum absolute atomic E-state index is 11.8. The normalized spacial score (nSPS) is 10.0. The van der Waals surface area contributed by atoms with Crippen LogP contribution in [0.5, 0.6) is 0 Å². The summed E-state index contributed by atoms with van der Waals surface area (Å²) in [6, 6.07) is 5.90. The van der Waals surface area contributed by atoms with Crippen molar-refractivity contribution < 1.29 is 9.59 Å². The molecular formula is C16H19N5O2. The van der Waals surface area contributed by atoms with Crippen LogP contribution in [0.25, 0.3) is 0 Å². The highest BCUT2D eigenvalue weighted by Gasteiger charge is 2.09. The molecule has 2 rings (SSSR count). The molecule has 2 amide bonds. The van der Waals surface area contributed by atoms with E-state index >= 15 is 0 Å². The Morgan fingerprint density at radius 1 is 1.04 bits per heavy atom. The quantitative estimate of drug-likeness (QED) is 0.739. The van der Waals surface area contributed by atoms with Crippen LogP contribution < -0.4 is 16.2 Å². The molecule has 1 aromatic carbocycles. The fourth-order valence-electron chi connectivity index (χ4n) is 1.93. The van der Waals surface area contributed by atoms with Crippen molar-refractivity contribution in [2.24, 2.45) is 0 Å². The molecule has 0 aliphatic rings. The molecule has 0 atom stereocenters. The van der Waals surface area contributed by atoms with Gasteiger partial charge in [0.1, 0.15) is 5.69 Å². The van der Waals surface area contributed by atoms with E-state index in [0.717, 1.165) is 16.8 Å². The Hall–Kier alpha value is -2.96. The SMILES string of the molecule is Cc1ccc(NCC(=O)NNC(=O)c2cnc(C)cn2)c(C)c1. The van der Waals surface area contributed by atoms with Crippen LogP contribution in [-0.4, -0.2) is 28.3 Å². The molecule has 0 bridgehead atoms. The van der Waals surface area contributed by atoms with Gasteiger partial charge in [0.25, 0.3) is 11.8 Å². The average Bonchev–Trinajstić information content (AvgIpc) is 2.52. The smallest absolute Gasteiger partial charge is 0.289 e. The van der Waals surface area contributed by atoms with Crippen LogP contribution in [0.3, 0.4) is 0 Å². The molecule has 7 heteroatoms. The van der Waals surface area contributed by atoms with E-state index in [1.54, 1.807) is 6.92 Å². The lowest BCUT2D eigenvalue weighted by Crippen LogP contribution is -2.44. The van der Waals surface area contributed by atoms with Gasteiger partial charge in [0, 0.05) is 11.9 Å². The standard InChI is InChI=1S/C16H19N5O2/c1-10-4-5-13(11(2)6-10)19-9-15(22)20-21-16(23)14-8-17-12(3)7-18-14/h4-8,19H,9H2,1-3H3,(H,20,22)(H,21,23). The van der Waals surface area contributed by atoms with Crippen LogP contribution >= 0.6 is 0 Å². The summed E-state index contributed by atoms with van der Waals surface area (Å²) in [5, 5.41) is 3.02. The summed E-state index contributed by atoms with van der Waals surface area (Å²) in [7, 11) is 0. The van der Waals surface area contributed by atoms with Gasteiger partial charge in [-0.1, -0.05) is 17.7 Å². The molecule has 1 heterocycles. The van der Waals surface area contributed by atoms with E-state index in [9.17, 15) is 9.59 Å². The number of carbonyl (C=O) groups is 2. The van der Waals surface area contributed by atoms with Gasteiger partial charge in [0.15, 0.2) is 0 Å². The van der Waals surface area contributed by atoms with Crippen molar-refractivity contribution in [3.63, 3.8) is 0 Å². The fraction of sp³-hybridized carbons (Fsp3) is 0.250. The maximum atomic E-state index is 11.8. The van der Waals surface area contributed by atoms with E-state index < -0.39 is 5.91 Å². The first kappa shape index (κ1) is 16.4. The number of amides is 2. The van der Waals surface area contributed by atoms with Crippen molar-refractivity contribution in [1.29, 1.82) is 0 Å². The topological polar surface area (TPSA) is 96.0 Å². The molecule has 7 nitrogen and oxygen atoms in total. The number of aryl methyl sites for hydroxylation is 3. The van der Waals surface area contributed by atoms with Gasteiger partial charge in [-0.05, 0) is 32.4 Å². The van der Waals surface area contributed by atoms with E-state index in [4.69, 9.17) is 0 Å². The summed E-state index contributed by atoms with van der Waals surface area (Å²) in [5.74, 6) is -0.879. The first-order valence-electron chi connectivity index (χ1n) is 7.14. The molecule has 23 heavy (non-hydrogen) atoms. The summed E-state index contributed by atoms with van der Waals surface area (Å²) in [5.41, 5.74) is 8.56. The van der Waals surface area contributed by atoms with Crippen LogP contribution in [0.4, 0.5) is 5.69 Å². The van der Waals surface area contributed by atoms with Crippen molar-refractivity contribution in [2.75, 3.05) is 11.9 Å². The largest absolute Gasteiger partial charge is 0.376 e. The second kappa shape index (κ2) is 7.35. The maximum Gasteiger partial charge on any atom is 0.289 e.